The fourth-order valence-corrected chi connectivity index (χ4v) is 4.74. The quantitative estimate of drug-likeness (QED) is 0.366. The molecule has 9 heteroatoms. The number of carbonyl (C=O) groups excluding carboxylic acids is 3. The topological polar surface area (TPSA) is 78.9 Å². The molecule has 3 aliphatic rings. The van der Waals surface area contributed by atoms with Crippen LogP contribution >= 0.6 is 22.6 Å². The first kappa shape index (κ1) is 18.6. The molecule has 0 radical (unpaired) electrons. The van der Waals surface area contributed by atoms with E-state index in [4.69, 9.17) is 14.2 Å². The van der Waals surface area contributed by atoms with Gasteiger partial charge < -0.3 is 14.2 Å². The van der Waals surface area contributed by atoms with E-state index >= 15 is 0 Å². The average molecular weight is 492 g/mol. The number of carbonyl (C=O) groups is 3. The Morgan fingerprint density at radius 2 is 1.89 bits per heavy atom. The van der Waals surface area contributed by atoms with Crippen LogP contribution in [0.5, 0.6) is 5.75 Å². The fraction of sp³-hybridized carbons (Fsp3) is 0.500. The van der Waals surface area contributed by atoms with E-state index in [1.54, 1.807) is 24.3 Å². The van der Waals surface area contributed by atoms with Crippen molar-refractivity contribution in [3.05, 3.63) is 27.8 Å². The Hall–Kier alpha value is -1.78. The second kappa shape index (κ2) is 6.39. The molecule has 27 heavy (non-hydrogen) atoms. The Kier molecular flexibility index (Phi) is 4.39. The summed E-state index contributed by atoms with van der Waals surface area (Å²) in [5.41, 5.74) is 0. The molecule has 2 saturated carbocycles. The SMILES string of the molecule is CC(F)(F)C(=O)OC1C2CC3C1OC(=O)C3C2C(=O)Oc1ccc(I)cc1. The van der Waals surface area contributed by atoms with Crippen LogP contribution in [-0.2, 0) is 23.9 Å². The Labute approximate surface area is 166 Å². The van der Waals surface area contributed by atoms with Gasteiger partial charge >= 0.3 is 23.8 Å². The Balaban J connectivity index is 1.56. The number of halogens is 3. The van der Waals surface area contributed by atoms with Crippen molar-refractivity contribution in [3.8, 4) is 5.75 Å². The van der Waals surface area contributed by atoms with Crippen molar-refractivity contribution in [2.75, 3.05) is 0 Å². The van der Waals surface area contributed by atoms with Gasteiger partial charge in [-0.3, -0.25) is 9.59 Å². The molecule has 1 aromatic carbocycles. The highest BCUT2D eigenvalue weighted by Crippen LogP contribution is 2.59. The monoisotopic (exact) mass is 492 g/mol. The van der Waals surface area contributed by atoms with Gasteiger partial charge in [0.15, 0.2) is 0 Å². The lowest BCUT2D eigenvalue weighted by atomic mass is 9.78. The lowest BCUT2D eigenvalue weighted by Crippen LogP contribution is -2.46. The summed E-state index contributed by atoms with van der Waals surface area (Å²) in [5, 5.41) is 0. The molecule has 0 spiro atoms. The van der Waals surface area contributed by atoms with E-state index in [-0.39, 0.29) is 5.92 Å². The van der Waals surface area contributed by atoms with Crippen molar-refractivity contribution in [3.63, 3.8) is 0 Å². The van der Waals surface area contributed by atoms with Crippen LogP contribution < -0.4 is 4.74 Å². The molecule has 1 saturated heterocycles. The number of ether oxygens (including phenoxy) is 3. The Morgan fingerprint density at radius 1 is 1.22 bits per heavy atom. The van der Waals surface area contributed by atoms with E-state index in [1.165, 1.54) is 0 Å². The molecule has 6 nitrogen and oxygen atoms in total. The molecule has 2 bridgehead atoms. The summed E-state index contributed by atoms with van der Waals surface area (Å²) in [6.07, 6.45) is -1.45. The minimum atomic E-state index is -3.67. The number of alkyl halides is 2. The smallest absolute Gasteiger partial charge is 0.377 e. The molecule has 1 aliphatic heterocycles. The van der Waals surface area contributed by atoms with Crippen molar-refractivity contribution in [1.82, 2.24) is 0 Å². The molecule has 144 valence electrons. The van der Waals surface area contributed by atoms with E-state index < -0.39 is 53.8 Å². The van der Waals surface area contributed by atoms with E-state index in [2.05, 4.69) is 22.6 Å². The molecule has 4 rings (SSSR count). The number of hydrogen-bond acceptors (Lipinski definition) is 6. The maximum atomic E-state index is 13.2. The molecule has 2 aliphatic carbocycles. The van der Waals surface area contributed by atoms with Crippen molar-refractivity contribution < 1.29 is 37.4 Å². The van der Waals surface area contributed by atoms with Crippen molar-refractivity contribution in [1.29, 1.82) is 0 Å². The van der Waals surface area contributed by atoms with Crippen LogP contribution in [0, 0.1) is 27.2 Å². The van der Waals surface area contributed by atoms with Crippen LogP contribution in [0.15, 0.2) is 24.3 Å². The summed E-state index contributed by atoms with van der Waals surface area (Å²) in [6.45, 7) is 0.439. The largest absolute Gasteiger partial charge is 0.458 e. The van der Waals surface area contributed by atoms with Gasteiger partial charge in [0.1, 0.15) is 18.0 Å². The average Bonchev–Trinajstić information content (AvgIpc) is 3.19. The predicted molar refractivity (Wildman–Crippen MR) is 93.8 cm³/mol. The third-order valence-electron chi connectivity index (χ3n) is 5.45. The van der Waals surface area contributed by atoms with Gasteiger partial charge in [0.25, 0.3) is 0 Å². The zero-order valence-electron chi connectivity index (χ0n) is 14.1. The summed E-state index contributed by atoms with van der Waals surface area (Å²) >= 11 is 2.11. The fourth-order valence-electron chi connectivity index (χ4n) is 4.38. The molecular formula is C18H15F2IO6. The molecule has 3 fully saturated rings. The van der Waals surface area contributed by atoms with Gasteiger partial charge in [-0.15, -0.1) is 0 Å². The number of rotatable bonds is 4. The van der Waals surface area contributed by atoms with Crippen LogP contribution in [0.4, 0.5) is 8.78 Å². The van der Waals surface area contributed by atoms with Gasteiger partial charge in [0.05, 0.1) is 11.8 Å². The highest BCUT2D eigenvalue weighted by atomic mass is 127. The highest BCUT2D eigenvalue weighted by Gasteiger charge is 2.70. The van der Waals surface area contributed by atoms with Gasteiger partial charge in [-0.2, -0.15) is 8.78 Å². The number of fused-ring (bicyclic) bond motifs is 1. The second-order valence-electron chi connectivity index (χ2n) is 7.15. The summed E-state index contributed by atoms with van der Waals surface area (Å²) in [7, 11) is 0. The maximum absolute atomic E-state index is 13.2. The number of esters is 3. The Bertz CT molecular complexity index is 805. The standard InChI is InChI=1S/C18H15F2IO6/c1-18(19,20)17(24)27-14-10-6-9-12(16(23)26-13(9)14)11(10)15(22)25-8-4-2-7(21)3-5-8/h2-5,9-14H,6H2,1H3. The minimum Gasteiger partial charge on any atom is -0.458 e. The third-order valence-corrected chi connectivity index (χ3v) is 6.17. The van der Waals surface area contributed by atoms with Crippen molar-refractivity contribution in [2.45, 2.75) is 31.5 Å². The van der Waals surface area contributed by atoms with Crippen LogP contribution in [0.25, 0.3) is 0 Å². The van der Waals surface area contributed by atoms with Crippen LogP contribution in [0.3, 0.4) is 0 Å². The molecular weight excluding hydrogens is 477 g/mol. The first-order valence-electron chi connectivity index (χ1n) is 8.43. The van der Waals surface area contributed by atoms with Gasteiger partial charge in [-0.1, -0.05) is 0 Å². The highest BCUT2D eigenvalue weighted by molar-refractivity contribution is 14.1. The third kappa shape index (κ3) is 3.09. The summed E-state index contributed by atoms with van der Waals surface area (Å²) in [4.78, 5) is 36.6. The second-order valence-corrected chi connectivity index (χ2v) is 8.40. The van der Waals surface area contributed by atoms with Crippen LogP contribution in [-0.4, -0.2) is 36.0 Å². The minimum absolute atomic E-state index is 0.319. The van der Waals surface area contributed by atoms with Gasteiger partial charge in [0.2, 0.25) is 0 Å². The zero-order valence-corrected chi connectivity index (χ0v) is 16.2. The first-order chi connectivity index (χ1) is 12.7. The van der Waals surface area contributed by atoms with Crippen LogP contribution in [0.2, 0.25) is 0 Å². The molecule has 0 aromatic heterocycles. The van der Waals surface area contributed by atoms with Gasteiger partial charge in [0, 0.05) is 22.3 Å². The number of hydrogen-bond donors (Lipinski definition) is 0. The van der Waals surface area contributed by atoms with Crippen LogP contribution in [0.1, 0.15) is 13.3 Å². The first-order valence-corrected chi connectivity index (χ1v) is 9.51. The maximum Gasteiger partial charge on any atom is 0.377 e. The zero-order chi connectivity index (χ0) is 19.5. The predicted octanol–water partition coefficient (Wildman–Crippen LogP) is 2.57. The van der Waals surface area contributed by atoms with Crippen molar-refractivity contribution in [2.24, 2.45) is 23.7 Å². The molecule has 6 unspecified atom stereocenters. The molecule has 0 amide bonds. The summed E-state index contributed by atoms with van der Waals surface area (Å²) < 4.78 is 43.0. The lowest BCUT2D eigenvalue weighted by molar-refractivity contribution is -0.185. The normalized spacial score (nSPS) is 33.7. The molecule has 6 atom stereocenters. The Morgan fingerprint density at radius 3 is 2.52 bits per heavy atom. The van der Waals surface area contributed by atoms with E-state index in [0.29, 0.717) is 19.1 Å². The van der Waals surface area contributed by atoms with E-state index in [0.717, 1.165) is 3.57 Å². The molecule has 0 N–H and O–H groups in total. The summed E-state index contributed by atoms with van der Waals surface area (Å²) in [5.74, 6) is -8.74. The number of benzene rings is 1. The van der Waals surface area contributed by atoms with E-state index in [1.807, 2.05) is 0 Å². The van der Waals surface area contributed by atoms with Gasteiger partial charge in [-0.05, 0) is 53.3 Å². The van der Waals surface area contributed by atoms with Gasteiger partial charge in [-0.25, -0.2) is 4.79 Å². The van der Waals surface area contributed by atoms with Crippen molar-refractivity contribution >= 4 is 40.5 Å². The lowest BCUT2D eigenvalue weighted by Gasteiger charge is -2.30. The van der Waals surface area contributed by atoms with E-state index in [9.17, 15) is 23.2 Å². The summed E-state index contributed by atoms with van der Waals surface area (Å²) in [6, 6.07) is 6.77. The molecule has 1 heterocycles. The molecule has 1 aromatic rings.